The van der Waals surface area contributed by atoms with Crippen LogP contribution in [0.3, 0.4) is 0 Å². The number of aromatic nitrogens is 2. The van der Waals surface area contributed by atoms with Crippen molar-refractivity contribution >= 4 is 16.9 Å². The fraction of sp³-hybridized carbons (Fsp3) is 0.111. The molecule has 0 radical (unpaired) electrons. The number of carbonyl (C=O) groups excluding carboxylic acids is 1. The van der Waals surface area contributed by atoms with E-state index >= 15 is 0 Å². The predicted molar refractivity (Wildman–Crippen MR) is 85.5 cm³/mol. The van der Waals surface area contributed by atoms with Gasteiger partial charge in [-0.2, -0.15) is 5.26 Å². The van der Waals surface area contributed by atoms with E-state index in [9.17, 15) is 4.79 Å². The standard InChI is InChI=1S/C18H13N3O2/c1-12(10-19)23-18(22)15-9-17(13-5-4-8-20-11-13)21-16-7-3-2-6-14(15)16/h2-9,11-12H,1H3/t12-/m0/s1. The lowest BCUT2D eigenvalue weighted by atomic mass is 10.1. The minimum atomic E-state index is -0.809. The number of fused-ring (bicyclic) bond motifs is 1. The summed E-state index contributed by atoms with van der Waals surface area (Å²) in [7, 11) is 0. The number of rotatable bonds is 3. The van der Waals surface area contributed by atoms with E-state index in [4.69, 9.17) is 10.00 Å². The molecule has 0 fully saturated rings. The van der Waals surface area contributed by atoms with Gasteiger partial charge in [0.15, 0.2) is 6.10 Å². The number of hydrogen-bond acceptors (Lipinski definition) is 5. The summed E-state index contributed by atoms with van der Waals surface area (Å²) in [6, 6.07) is 14.6. The van der Waals surface area contributed by atoms with E-state index in [0.29, 0.717) is 22.2 Å². The maximum atomic E-state index is 12.4. The summed E-state index contributed by atoms with van der Waals surface area (Å²) >= 11 is 0. The number of nitriles is 1. The first-order valence-electron chi connectivity index (χ1n) is 7.10. The molecule has 1 atom stereocenters. The van der Waals surface area contributed by atoms with Crippen LogP contribution in [0.5, 0.6) is 0 Å². The van der Waals surface area contributed by atoms with Gasteiger partial charge in [0, 0.05) is 23.3 Å². The topological polar surface area (TPSA) is 75.9 Å². The average Bonchev–Trinajstić information content (AvgIpc) is 2.61. The Kier molecular flexibility index (Phi) is 3.98. The van der Waals surface area contributed by atoms with Crippen molar-refractivity contribution in [1.82, 2.24) is 9.97 Å². The Labute approximate surface area is 133 Å². The van der Waals surface area contributed by atoms with Crippen molar-refractivity contribution < 1.29 is 9.53 Å². The second kappa shape index (κ2) is 6.24. The maximum Gasteiger partial charge on any atom is 0.340 e. The van der Waals surface area contributed by atoms with E-state index in [1.165, 1.54) is 6.92 Å². The van der Waals surface area contributed by atoms with Gasteiger partial charge < -0.3 is 4.74 Å². The summed E-state index contributed by atoms with van der Waals surface area (Å²) in [6.07, 6.45) is 2.55. The first-order valence-corrected chi connectivity index (χ1v) is 7.10. The Bertz CT molecular complexity index is 901. The van der Waals surface area contributed by atoms with Crippen LogP contribution in [0.2, 0.25) is 0 Å². The Balaban J connectivity index is 2.15. The fourth-order valence-electron chi connectivity index (χ4n) is 2.26. The summed E-state index contributed by atoms with van der Waals surface area (Å²) in [5.74, 6) is -0.539. The number of esters is 1. The molecular weight excluding hydrogens is 290 g/mol. The minimum Gasteiger partial charge on any atom is -0.444 e. The summed E-state index contributed by atoms with van der Waals surface area (Å²) in [4.78, 5) is 21.0. The van der Waals surface area contributed by atoms with Crippen molar-refractivity contribution in [2.75, 3.05) is 0 Å². The van der Waals surface area contributed by atoms with Gasteiger partial charge in [-0.1, -0.05) is 18.2 Å². The van der Waals surface area contributed by atoms with E-state index in [2.05, 4.69) is 9.97 Å². The molecule has 3 aromatic rings. The highest BCUT2D eigenvalue weighted by Crippen LogP contribution is 2.25. The second-order valence-corrected chi connectivity index (χ2v) is 4.99. The van der Waals surface area contributed by atoms with Gasteiger partial charge in [-0.25, -0.2) is 9.78 Å². The monoisotopic (exact) mass is 303 g/mol. The quantitative estimate of drug-likeness (QED) is 0.693. The van der Waals surface area contributed by atoms with E-state index in [1.807, 2.05) is 42.5 Å². The summed E-state index contributed by atoms with van der Waals surface area (Å²) in [6.45, 7) is 1.53. The fourth-order valence-corrected chi connectivity index (χ4v) is 2.26. The number of hydrogen-bond donors (Lipinski definition) is 0. The third-order valence-electron chi connectivity index (χ3n) is 3.36. The lowest BCUT2D eigenvalue weighted by molar-refractivity contribution is 0.0438. The predicted octanol–water partition coefficient (Wildman–Crippen LogP) is 3.37. The molecule has 0 amide bonds. The third kappa shape index (κ3) is 3.01. The lowest BCUT2D eigenvalue weighted by Gasteiger charge is -2.10. The molecule has 2 heterocycles. The molecule has 112 valence electrons. The van der Waals surface area contributed by atoms with Gasteiger partial charge in [0.1, 0.15) is 6.07 Å². The lowest BCUT2D eigenvalue weighted by Crippen LogP contribution is -2.14. The highest BCUT2D eigenvalue weighted by molar-refractivity contribution is 6.04. The number of ether oxygens (including phenoxy) is 1. The van der Waals surface area contributed by atoms with Crippen LogP contribution in [0.1, 0.15) is 17.3 Å². The Morgan fingerprint density at radius 2 is 2.09 bits per heavy atom. The molecule has 0 saturated carbocycles. The SMILES string of the molecule is C[C@@H](C#N)OC(=O)c1cc(-c2cccnc2)nc2ccccc12. The number of carbonyl (C=O) groups is 1. The van der Waals surface area contributed by atoms with Crippen LogP contribution in [0.25, 0.3) is 22.2 Å². The molecular formula is C18H13N3O2. The Morgan fingerprint density at radius 3 is 2.83 bits per heavy atom. The highest BCUT2D eigenvalue weighted by atomic mass is 16.5. The van der Waals surface area contributed by atoms with Crippen molar-refractivity contribution in [2.24, 2.45) is 0 Å². The zero-order valence-corrected chi connectivity index (χ0v) is 12.4. The zero-order valence-electron chi connectivity index (χ0n) is 12.4. The van der Waals surface area contributed by atoms with Gasteiger partial charge >= 0.3 is 5.97 Å². The third-order valence-corrected chi connectivity index (χ3v) is 3.36. The van der Waals surface area contributed by atoms with Crippen LogP contribution in [0.15, 0.2) is 54.9 Å². The van der Waals surface area contributed by atoms with Gasteiger partial charge in [0.25, 0.3) is 0 Å². The number of benzene rings is 1. The number of para-hydroxylation sites is 1. The molecule has 1 aromatic carbocycles. The number of nitrogens with zero attached hydrogens (tertiary/aromatic N) is 3. The van der Waals surface area contributed by atoms with Gasteiger partial charge in [-0.3, -0.25) is 4.98 Å². The molecule has 0 unspecified atom stereocenters. The van der Waals surface area contributed by atoms with Gasteiger partial charge in [-0.15, -0.1) is 0 Å². The molecule has 3 rings (SSSR count). The molecule has 5 nitrogen and oxygen atoms in total. The van der Waals surface area contributed by atoms with Crippen molar-refractivity contribution in [3.8, 4) is 17.3 Å². The van der Waals surface area contributed by atoms with E-state index in [1.54, 1.807) is 18.5 Å². The molecule has 0 saturated heterocycles. The maximum absolute atomic E-state index is 12.4. The Morgan fingerprint density at radius 1 is 1.26 bits per heavy atom. The van der Waals surface area contributed by atoms with Crippen LogP contribution < -0.4 is 0 Å². The molecule has 2 aromatic heterocycles. The van der Waals surface area contributed by atoms with Crippen molar-refractivity contribution in [2.45, 2.75) is 13.0 Å². The molecule has 0 aliphatic carbocycles. The van der Waals surface area contributed by atoms with Crippen molar-refractivity contribution in [3.63, 3.8) is 0 Å². The molecule has 5 heteroatoms. The number of pyridine rings is 2. The first kappa shape index (κ1) is 14.7. The summed E-state index contributed by atoms with van der Waals surface area (Å²) < 4.78 is 5.14. The van der Waals surface area contributed by atoms with Crippen LogP contribution in [-0.4, -0.2) is 22.0 Å². The van der Waals surface area contributed by atoms with E-state index in [0.717, 1.165) is 5.56 Å². The minimum absolute atomic E-state index is 0.386. The molecule has 23 heavy (non-hydrogen) atoms. The van der Waals surface area contributed by atoms with Crippen molar-refractivity contribution in [1.29, 1.82) is 5.26 Å². The molecule has 0 aliphatic rings. The molecule has 0 N–H and O–H groups in total. The smallest absolute Gasteiger partial charge is 0.340 e. The summed E-state index contributed by atoms with van der Waals surface area (Å²) in [5.41, 5.74) is 2.51. The van der Waals surface area contributed by atoms with E-state index < -0.39 is 12.1 Å². The second-order valence-electron chi connectivity index (χ2n) is 4.99. The van der Waals surface area contributed by atoms with Gasteiger partial charge in [0.05, 0.1) is 16.8 Å². The largest absolute Gasteiger partial charge is 0.444 e. The first-order chi connectivity index (χ1) is 11.2. The normalized spacial score (nSPS) is 11.7. The van der Waals surface area contributed by atoms with Crippen LogP contribution >= 0.6 is 0 Å². The van der Waals surface area contributed by atoms with Gasteiger partial charge in [0.2, 0.25) is 0 Å². The van der Waals surface area contributed by atoms with Crippen LogP contribution in [-0.2, 0) is 4.74 Å². The van der Waals surface area contributed by atoms with Crippen LogP contribution in [0.4, 0.5) is 0 Å². The van der Waals surface area contributed by atoms with Crippen molar-refractivity contribution in [3.05, 3.63) is 60.4 Å². The summed E-state index contributed by atoms with van der Waals surface area (Å²) in [5, 5.41) is 9.52. The van der Waals surface area contributed by atoms with E-state index in [-0.39, 0.29) is 0 Å². The van der Waals surface area contributed by atoms with Gasteiger partial charge in [-0.05, 0) is 31.2 Å². The zero-order chi connectivity index (χ0) is 16.2. The molecule has 0 bridgehead atoms. The Hall–Kier alpha value is -3.26. The molecule has 0 spiro atoms. The van der Waals surface area contributed by atoms with Crippen LogP contribution in [0, 0.1) is 11.3 Å². The average molecular weight is 303 g/mol. The molecule has 0 aliphatic heterocycles. The highest BCUT2D eigenvalue weighted by Gasteiger charge is 2.17.